The molecule has 1 unspecified atom stereocenters. The number of halogens is 4. The molecule has 1 aliphatic rings. The number of hydrogen-bond donors (Lipinski definition) is 1. The first-order valence-corrected chi connectivity index (χ1v) is 10.6. The molecule has 0 bridgehead atoms. The molecule has 4 nitrogen and oxygen atoms in total. The van der Waals surface area contributed by atoms with Gasteiger partial charge in [-0.3, -0.25) is 0 Å². The molecule has 1 fully saturated rings. The van der Waals surface area contributed by atoms with E-state index in [1.165, 1.54) is 10.2 Å². The smallest absolute Gasteiger partial charge is 0.266 e. The van der Waals surface area contributed by atoms with Gasteiger partial charge in [-0.2, -0.15) is 3.97 Å². The van der Waals surface area contributed by atoms with E-state index in [4.69, 9.17) is 23.2 Å². The number of benzene rings is 2. The summed E-state index contributed by atoms with van der Waals surface area (Å²) in [5, 5.41) is 4.33. The number of alkyl halides is 2. The Morgan fingerprint density at radius 3 is 2.50 bits per heavy atom. The summed E-state index contributed by atoms with van der Waals surface area (Å²) in [6.45, 7) is 2.86. The number of aromatic nitrogens is 1. The Morgan fingerprint density at radius 1 is 1.11 bits per heavy atom. The minimum atomic E-state index is -2.71. The average Bonchev–Trinajstić information content (AvgIpc) is 3.07. The first kappa shape index (κ1) is 19.8. The Balaban J connectivity index is 1.93. The second-order valence-electron chi connectivity index (χ2n) is 6.45. The normalized spacial score (nSPS) is 16.1. The van der Waals surface area contributed by atoms with Crippen LogP contribution in [0.1, 0.15) is 12.0 Å². The second kappa shape index (κ2) is 8.08. The molecule has 1 aromatic heterocycles. The molecule has 3 aromatic rings. The van der Waals surface area contributed by atoms with Crippen molar-refractivity contribution < 1.29 is 13.3 Å². The van der Waals surface area contributed by atoms with E-state index < -0.39 is 17.8 Å². The van der Waals surface area contributed by atoms with Gasteiger partial charge < -0.3 is 14.8 Å². The number of rotatable bonds is 4. The van der Waals surface area contributed by atoms with E-state index in [2.05, 4.69) is 5.32 Å². The van der Waals surface area contributed by atoms with E-state index in [1.807, 2.05) is 4.90 Å². The van der Waals surface area contributed by atoms with Crippen molar-refractivity contribution in [2.24, 2.45) is 0 Å². The molecule has 0 spiro atoms. The lowest BCUT2D eigenvalue weighted by atomic mass is 10.1. The molecule has 1 aliphatic heterocycles. The van der Waals surface area contributed by atoms with Crippen LogP contribution in [-0.4, -0.2) is 34.7 Å². The van der Waals surface area contributed by atoms with Gasteiger partial charge in [-0.1, -0.05) is 35.3 Å². The van der Waals surface area contributed by atoms with Gasteiger partial charge in [0, 0.05) is 42.3 Å². The fourth-order valence-corrected chi connectivity index (χ4v) is 5.17. The molecule has 2 aromatic carbocycles. The van der Waals surface area contributed by atoms with Crippen LogP contribution in [0.5, 0.6) is 0 Å². The third-order valence-corrected chi connectivity index (χ3v) is 6.79. The van der Waals surface area contributed by atoms with Crippen molar-refractivity contribution in [1.82, 2.24) is 9.29 Å². The molecule has 28 heavy (non-hydrogen) atoms. The van der Waals surface area contributed by atoms with Crippen molar-refractivity contribution in [2.75, 3.05) is 31.1 Å². The molecule has 0 saturated carbocycles. The summed E-state index contributed by atoms with van der Waals surface area (Å²) in [5.74, 6) is 0. The highest BCUT2D eigenvalue weighted by Gasteiger charge is 2.28. The lowest BCUT2D eigenvalue weighted by Crippen LogP contribution is -2.43. The zero-order chi connectivity index (χ0) is 19.8. The quantitative estimate of drug-likeness (QED) is 0.585. The highest BCUT2D eigenvalue weighted by Crippen LogP contribution is 2.40. The molecule has 1 saturated heterocycles. The van der Waals surface area contributed by atoms with Crippen LogP contribution < -0.4 is 10.2 Å². The standard InChI is InChI=1S/C19H17Cl2F2N3OS/c20-12-9-15(25-7-5-24-6-8-25)18-13(19(22)23)11-26(16(18)10-12)28(27)17-4-2-1-3-14(17)21/h1-4,9-11,19,24H,5-8H2. The highest BCUT2D eigenvalue weighted by atomic mass is 35.5. The average molecular weight is 444 g/mol. The summed E-state index contributed by atoms with van der Waals surface area (Å²) in [6, 6.07) is 9.94. The van der Waals surface area contributed by atoms with Gasteiger partial charge in [-0.15, -0.1) is 0 Å². The van der Waals surface area contributed by atoms with Crippen LogP contribution in [0.3, 0.4) is 0 Å². The molecule has 0 amide bonds. The van der Waals surface area contributed by atoms with Crippen LogP contribution in [0.25, 0.3) is 10.9 Å². The van der Waals surface area contributed by atoms with E-state index >= 15 is 0 Å². The van der Waals surface area contributed by atoms with Gasteiger partial charge >= 0.3 is 0 Å². The van der Waals surface area contributed by atoms with Gasteiger partial charge in [-0.05, 0) is 24.3 Å². The molecule has 148 valence electrons. The molecule has 2 heterocycles. The SMILES string of the molecule is [O-][S+](c1ccccc1Cl)n1cc(C(F)F)c2c(N3CCNCC3)cc(Cl)cc21. The van der Waals surface area contributed by atoms with E-state index in [-0.39, 0.29) is 5.56 Å². The van der Waals surface area contributed by atoms with Gasteiger partial charge in [0.2, 0.25) is 0 Å². The maximum absolute atomic E-state index is 13.9. The van der Waals surface area contributed by atoms with Crippen LogP contribution in [0, 0.1) is 0 Å². The first-order valence-electron chi connectivity index (χ1n) is 8.72. The van der Waals surface area contributed by atoms with E-state index in [0.29, 0.717) is 44.6 Å². The fraction of sp³-hybridized carbons (Fsp3) is 0.263. The third-order valence-electron chi connectivity index (χ3n) is 4.74. The number of hydrogen-bond acceptors (Lipinski definition) is 3. The van der Waals surface area contributed by atoms with Crippen LogP contribution in [0.2, 0.25) is 10.0 Å². The summed E-state index contributed by atoms with van der Waals surface area (Å²) in [6.07, 6.45) is -1.47. The number of nitrogens with one attached hydrogen (secondary N) is 1. The molecule has 9 heteroatoms. The van der Waals surface area contributed by atoms with Crippen LogP contribution in [0.15, 0.2) is 47.5 Å². The van der Waals surface area contributed by atoms with E-state index in [9.17, 15) is 13.3 Å². The summed E-state index contributed by atoms with van der Waals surface area (Å²) < 4.78 is 42.3. The minimum absolute atomic E-state index is 0.166. The zero-order valence-corrected chi connectivity index (χ0v) is 17.0. The number of piperazine rings is 1. The predicted molar refractivity (Wildman–Crippen MR) is 110 cm³/mol. The lowest BCUT2D eigenvalue weighted by Gasteiger charge is -2.30. The summed E-state index contributed by atoms with van der Waals surface area (Å²) in [7, 11) is 0. The van der Waals surface area contributed by atoms with E-state index in [0.717, 1.165) is 13.1 Å². The van der Waals surface area contributed by atoms with Crippen LogP contribution in [0.4, 0.5) is 14.5 Å². The van der Waals surface area contributed by atoms with Crippen LogP contribution in [-0.2, 0) is 11.4 Å². The molecule has 1 N–H and O–H groups in total. The largest absolute Gasteiger partial charge is 0.587 e. The Kier molecular flexibility index (Phi) is 5.71. The highest BCUT2D eigenvalue weighted by molar-refractivity contribution is 7.90. The van der Waals surface area contributed by atoms with Gasteiger partial charge in [0.15, 0.2) is 4.90 Å². The van der Waals surface area contributed by atoms with Crippen molar-refractivity contribution in [1.29, 1.82) is 0 Å². The Labute approximate surface area is 174 Å². The van der Waals surface area contributed by atoms with Gasteiger partial charge in [-0.25, -0.2) is 8.78 Å². The molecule has 0 aliphatic carbocycles. The third kappa shape index (κ3) is 3.57. The summed E-state index contributed by atoms with van der Waals surface area (Å²) >= 11 is 10.7. The van der Waals surface area contributed by atoms with Crippen LogP contribution >= 0.6 is 23.2 Å². The molecule has 0 radical (unpaired) electrons. The van der Waals surface area contributed by atoms with Gasteiger partial charge in [0.1, 0.15) is 16.9 Å². The monoisotopic (exact) mass is 443 g/mol. The lowest BCUT2D eigenvalue weighted by molar-refractivity contribution is 0.153. The molecular weight excluding hydrogens is 427 g/mol. The van der Waals surface area contributed by atoms with Gasteiger partial charge in [0.25, 0.3) is 6.43 Å². The first-order chi connectivity index (χ1) is 13.5. The summed E-state index contributed by atoms with van der Waals surface area (Å²) in [5.41, 5.74) is 0.865. The summed E-state index contributed by atoms with van der Waals surface area (Å²) in [4.78, 5) is 2.38. The number of nitrogens with zero attached hydrogens (tertiary/aromatic N) is 2. The number of fused-ring (bicyclic) bond motifs is 1. The van der Waals surface area contributed by atoms with Crippen molar-refractivity contribution >= 4 is 51.2 Å². The van der Waals surface area contributed by atoms with E-state index in [1.54, 1.807) is 36.4 Å². The van der Waals surface area contributed by atoms with Crippen molar-refractivity contribution in [3.8, 4) is 0 Å². The Morgan fingerprint density at radius 2 is 1.82 bits per heavy atom. The maximum Gasteiger partial charge on any atom is 0.266 e. The molecular formula is C19H17Cl2F2N3OS. The van der Waals surface area contributed by atoms with Crippen molar-refractivity contribution in [3.63, 3.8) is 0 Å². The Hall–Kier alpha value is -1.51. The molecule has 4 rings (SSSR count). The number of anilines is 1. The topological polar surface area (TPSA) is 43.3 Å². The Bertz CT molecular complexity index is 1010. The van der Waals surface area contributed by atoms with Crippen molar-refractivity contribution in [2.45, 2.75) is 11.3 Å². The zero-order valence-electron chi connectivity index (χ0n) is 14.7. The second-order valence-corrected chi connectivity index (χ2v) is 8.62. The minimum Gasteiger partial charge on any atom is -0.587 e. The molecule has 1 atom stereocenters. The van der Waals surface area contributed by atoms with Crippen molar-refractivity contribution in [3.05, 3.63) is 58.2 Å². The fourth-order valence-electron chi connectivity index (χ4n) is 3.46. The predicted octanol–water partition coefficient (Wildman–Crippen LogP) is 4.87. The maximum atomic E-state index is 13.9. The van der Waals surface area contributed by atoms with Gasteiger partial charge in [0.05, 0.1) is 16.8 Å².